The molecule has 0 heterocycles. The second-order valence-corrected chi connectivity index (χ2v) is 17.7. The molecule has 0 spiro atoms. The summed E-state index contributed by atoms with van der Waals surface area (Å²) in [6.07, 6.45) is -2.55. The van der Waals surface area contributed by atoms with Crippen molar-refractivity contribution >= 4 is 66.6 Å². The number of carboxylic acids is 5. The summed E-state index contributed by atoms with van der Waals surface area (Å²) in [7, 11) is 0. The van der Waals surface area contributed by atoms with Crippen LogP contribution in [0.25, 0.3) is 0 Å². The number of rotatable bonds is 13. The molecule has 0 amide bonds. The van der Waals surface area contributed by atoms with Gasteiger partial charge in [0.05, 0.1) is 0 Å². The number of hydrogen-bond donors (Lipinski definition) is 5. The molecule has 0 aliphatic heterocycles. The normalized spacial score (nSPS) is 13.0. The summed E-state index contributed by atoms with van der Waals surface area (Å²) in [4.78, 5) is 62.5. The third-order valence-corrected chi connectivity index (χ3v) is 18.7. The van der Waals surface area contributed by atoms with Gasteiger partial charge in [0.25, 0.3) is 0 Å². The second kappa shape index (κ2) is 11.2. The van der Waals surface area contributed by atoms with Crippen molar-refractivity contribution < 1.29 is 49.5 Å². The molecule has 10 nitrogen and oxygen atoms in total. The van der Waals surface area contributed by atoms with Crippen LogP contribution in [0.5, 0.6) is 0 Å². The molecule has 3 rings (SSSR count). The third kappa shape index (κ3) is 4.17. The molecule has 3 aromatic carbocycles. The van der Waals surface area contributed by atoms with Crippen LogP contribution in [0.3, 0.4) is 0 Å². The summed E-state index contributed by atoms with van der Waals surface area (Å²) in [6, 6.07) is 24.4. The van der Waals surface area contributed by atoms with Gasteiger partial charge in [0.15, 0.2) is 0 Å². The summed E-state index contributed by atoms with van der Waals surface area (Å²) in [5, 5.41) is 43.9. The van der Waals surface area contributed by atoms with Crippen LogP contribution in [0.15, 0.2) is 91.0 Å². The van der Waals surface area contributed by atoms with Crippen molar-refractivity contribution in [2.24, 2.45) is 5.41 Å². The van der Waals surface area contributed by atoms with Gasteiger partial charge in [-0.25, -0.2) is 0 Å². The summed E-state index contributed by atoms with van der Waals surface area (Å²) < 4.78 is 0. The molecular formula is C28H26BrO10P. The van der Waals surface area contributed by atoms with Gasteiger partial charge in [-0.05, 0) is 0 Å². The molecule has 0 aliphatic rings. The topological polar surface area (TPSA) is 186 Å². The Hall–Kier alpha value is -4.08. The van der Waals surface area contributed by atoms with E-state index < -0.39 is 65.0 Å². The zero-order chi connectivity index (χ0) is 29.8. The molecule has 0 fully saturated rings. The molecule has 12 heteroatoms. The monoisotopic (exact) mass is 632 g/mol. The average Bonchev–Trinajstić information content (AvgIpc) is 2.93. The van der Waals surface area contributed by atoms with E-state index in [4.69, 9.17) is 0 Å². The Balaban J connectivity index is 2.48. The zero-order valence-electron chi connectivity index (χ0n) is 20.9. The number of aliphatic carboxylic acids is 5. The van der Waals surface area contributed by atoms with Crippen LogP contribution in [0, 0.1) is 5.41 Å². The van der Waals surface area contributed by atoms with Crippen molar-refractivity contribution in [2.75, 3.05) is 0 Å². The van der Waals surface area contributed by atoms with Crippen LogP contribution in [0.1, 0.15) is 19.3 Å². The van der Waals surface area contributed by atoms with E-state index in [1.54, 1.807) is 91.0 Å². The quantitative estimate of drug-likeness (QED) is 0.138. The molecule has 3 aromatic rings. The Kier molecular flexibility index (Phi) is 8.52. The molecule has 0 radical (unpaired) electrons. The molecule has 0 aliphatic carbocycles. The van der Waals surface area contributed by atoms with Gasteiger partial charge in [-0.3, -0.25) is 0 Å². The molecule has 0 aromatic heterocycles. The minimum atomic E-state index is -4.88. The van der Waals surface area contributed by atoms with Crippen LogP contribution in [0.4, 0.5) is 0 Å². The Morgan fingerprint density at radius 2 is 0.825 bits per heavy atom. The Labute approximate surface area is 236 Å². The molecule has 0 saturated carbocycles. The van der Waals surface area contributed by atoms with Crippen molar-refractivity contribution in [1.82, 2.24) is 0 Å². The van der Waals surface area contributed by atoms with E-state index in [0.717, 1.165) is 0 Å². The van der Waals surface area contributed by atoms with E-state index in [1.807, 2.05) is 0 Å². The van der Waals surface area contributed by atoms with Gasteiger partial charge in [0.2, 0.25) is 0 Å². The predicted molar refractivity (Wildman–Crippen MR) is 151 cm³/mol. The van der Waals surface area contributed by atoms with E-state index in [2.05, 4.69) is 15.5 Å². The minimum absolute atomic E-state index is 0.330. The molecule has 40 heavy (non-hydrogen) atoms. The molecular weight excluding hydrogens is 607 g/mol. The van der Waals surface area contributed by atoms with Crippen LogP contribution in [0.2, 0.25) is 0 Å². The van der Waals surface area contributed by atoms with E-state index in [1.165, 1.54) is 0 Å². The van der Waals surface area contributed by atoms with E-state index >= 15 is 0 Å². The van der Waals surface area contributed by atoms with Crippen molar-refractivity contribution in [3.8, 4) is 0 Å². The van der Waals surface area contributed by atoms with Crippen LogP contribution < -0.4 is 15.9 Å². The standard InChI is InChI=1S/C28H26BrO10P/c29-40(19-11-4-1-5-12-19,20-13-6-2-7-14-20,21-15-8-3-9-16-21)28(25(36)37,26(38)39)18-10-17-27(22(30)31,23(32)33)24(34)35/h1-9,11-16H,10,17-18H2,(H,30,31)(H,32,33)(H,34,35)(H,36,37)(H,38,39). The summed E-state index contributed by atoms with van der Waals surface area (Å²) in [6.45, 7) is 0. The first-order valence-electron chi connectivity index (χ1n) is 11.9. The first-order valence-corrected chi connectivity index (χ1v) is 16.1. The molecule has 0 saturated heterocycles. The van der Waals surface area contributed by atoms with Gasteiger partial charge in [0.1, 0.15) is 0 Å². The van der Waals surface area contributed by atoms with Crippen LogP contribution in [-0.4, -0.2) is 60.5 Å². The Morgan fingerprint density at radius 3 is 1.07 bits per heavy atom. The fourth-order valence-electron chi connectivity index (χ4n) is 5.31. The predicted octanol–water partition coefficient (Wildman–Crippen LogP) is 3.14. The van der Waals surface area contributed by atoms with E-state index in [9.17, 15) is 49.5 Å². The Bertz CT molecular complexity index is 1290. The fraction of sp³-hybridized carbons (Fsp3) is 0.179. The number of hydrogen-bond acceptors (Lipinski definition) is 5. The maximum atomic E-state index is 13.5. The first-order chi connectivity index (χ1) is 18.8. The van der Waals surface area contributed by atoms with Gasteiger partial charge < -0.3 is 0 Å². The van der Waals surface area contributed by atoms with Gasteiger partial charge in [-0.1, -0.05) is 0 Å². The van der Waals surface area contributed by atoms with Gasteiger partial charge in [-0.15, -0.1) is 0 Å². The maximum absolute atomic E-state index is 13.5. The van der Waals surface area contributed by atoms with Gasteiger partial charge in [-0.2, -0.15) is 0 Å². The van der Waals surface area contributed by atoms with E-state index in [-0.39, 0.29) is 0 Å². The molecule has 0 atom stereocenters. The summed E-state index contributed by atoms with van der Waals surface area (Å²) in [5.41, 5.74) is -3.31. The molecule has 210 valence electrons. The second-order valence-electron chi connectivity index (χ2n) is 9.16. The SMILES string of the molecule is O=C(O)C(CCCC(C(=O)O)(C(=O)O)P(Br)(c1ccccc1)(c1ccccc1)c1ccccc1)(C(=O)O)C(=O)O. The molecule has 0 bridgehead atoms. The number of benzene rings is 3. The van der Waals surface area contributed by atoms with Crippen molar-refractivity contribution in [3.63, 3.8) is 0 Å². The van der Waals surface area contributed by atoms with Gasteiger partial charge in [0, 0.05) is 0 Å². The molecule has 0 unspecified atom stereocenters. The van der Waals surface area contributed by atoms with Crippen molar-refractivity contribution in [3.05, 3.63) is 91.0 Å². The average molecular weight is 633 g/mol. The third-order valence-electron chi connectivity index (χ3n) is 7.33. The molecule has 5 N–H and O–H groups in total. The van der Waals surface area contributed by atoms with Crippen molar-refractivity contribution in [2.45, 2.75) is 24.4 Å². The van der Waals surface area contributed by atoms with Crippen LogP contribution in [-0.2, 0) is 24.0 Å². The number of carbonyl (C=O) groups is 5. The zero-order valence-corrected chi connectivity index (χ0v) is 23.4. The summed E-state index contributed by atoms with van der Waals surface area (Å²) in [5.74, 6) is -10.0. The number of carboxylic acid groups (broad SMARTS) is 5. The number of halogens is 1. The van der Waals surface area contributed by atoms with Crippen LogP contribution >= 0.6 is 20.8 Å². The van der Waals surface area contributed by atoms with Gasteiger partial charge >= 0.3 is 237 Å². The Morgan fingerprint density at radius 1 is 0.525 bits per heavy atom. The van der Waals surface area contributed by atoms with E-state index in [0.29, 0.717) is 15.9 Å². The van der Waals surface area contributed by atoms with Crippen molar-refractivity contribution in [1.29, 1.82) is 0 Å². The first kappa shape index (κ1) is 30.5. The summed E-state index contributed by atoms with van der Waals surface area (Å²) >= 11 is 3.83. The fourth-order valence-corrected chi connectivity index (χ4v) is 14.6.